The van der Waals surface area contributed by atoms with Gasteiger partial charge in [-0.05, 0) is 31.8 Å². The van der Waals surface area contributed by atoms with E-state index in [1.165, 1.54) is 12.8 Å². The van der Waals surface area contributed by atoms with Crippen molar-refractivity contribution in [2.24, 2.45) is 5.92 Å². The van der Waals surface area contributed by atoms with Crippen molar-refractivity contribution in [2.45, 2.75) is 12.8 Å². The van der Waals surface area contributed by atoms with Gasteiger partial charge in [0.25, 0.3) is 0 Å². The van der Waals surface area contributed by atoms with E-state index in [1.54, 1.807) is 6.33 Å². The van der Waals surface area contributed by atoms with Crippen LogP contribution in [0.2, 0.25) is 0 Å². The molecule has 0 radical (unpaired) electrons. The van der Waals surface area contributed by atoms with Crippen molar-refractivity contribution in [3.05, 3.63) is 25.0 Å². The van der Waals surface area contributed by atoms with E-state index in [2.05, 4.69) is 39.1 Å². The number of piperidine rings is 1. The maximum Gasteiger partial charge on any atom is 0.133 e. The van der Waals surface area contributed by atoms with Crippen LogP contribution in [0.5, 0.6) is 0 Å². The van der Waals surface area contributed by atoms with Crippen LogP contribution < -0.4 is 15.5 Å². The highest BCUT2D eigenvalue weighted by molar-refractivity contribution is 5.48. The van der Waals surface area contributed by atoms with E-state index in [4.69, 9.17) is 0 Å². The normalized spacial score (nSPS) is 16.1. The standard InChI is InChI=1S/C14H23N5/c1-3-6-16-13-9-14(18-11-17-13)19(2)10-12-4-7-15-8-5-12/h3,9,11-12,15H,1,4-8,10H2,2H3,(H,16,17,18). The number of aromatic nitrogens is 2. The summed E-state index contributed by atoms with van der Waals surface area (Å²) >= 11 is 0. The van der Waals surface area contributed by atoms with Gasteiger partial charge in [0.05, 0.1) is 0 Å². The Morgan fingerprint density at radius 3 is 3.00 bits per heavy atom. The monoisotopic (exact) mass is 261 g/mol. The maximum absolute atomic E-state index is 4.35. The number of hydrogen-bond donors (Lipinski definition) is 2. The van der Waals surface area contributed by atoms with Crippen LogP contribution in [0.25, 0.3) is 0 Å². The van der Waals surface area contributed by atoms with Crippen LogP contribution in [0.1, 0.15) is 12.8 Å². The average molecular weight is 261 g/mol. The minimum absolute atomic E-state index is 0.717. The van der Waals surface area contributed by atoms with Crippen molar-refractivity contribution in [1.82, 2.24) is 15.3 Å². The number of nitrogens with zero attached hydrogens (tertiary/aromatic N) is 3. The molecule has 0 unspecified atom stereocenters. The first-order chi connectivity index (χ1) is 9.29. The van der Waals surface area contributed by atoms with Crippen molar-refractivity contribution in [2.75, 3.05) is 43.4 Å². The van der Waals surface area contributed by atoms with E-state index in [0.29, 0.717) is 6.54 Å². The summed E-state index contributed by atoms with van der Waals surface area (Å²) in [6.45, 7) is 7.73. The van der Waals surface area contributed by atoms with Crippen LogP contribution in [0.15, 0.2) is 25.0 Å². The molecule has 19 heavy (non-hydrogen) atoms. The minimum atomic E-state index is 0.717. The summed E-state index contributed by atoms with van der Waals surface area (Å²) < 4.78 is 0. The first-order valence-electron chi connectivity index (χ1n) is 6.88. The van der Waals surface area contributed by atoms with Crippen molar-refractivity contribution in [3.8, 4) is 0 Å². The largest absolute Gasteiger partial charge is 0.366 e. The second-order valence-electron chi connectivity index (χ2n) is 5.00. The van der Waals surface area contributed by atoms with Gasteiger partial charge in [-0.2, -0.15) is 0 Å². The van der Waals surface area contributed by atoms with Crippen molar-refractivity contribution in [3.63, 3.8) is 0 Å². The van der Waals surface area contributed by atoms with Crippen LogP contribution in [0.3, 0.4) is 0 Å². The van der Waals surface area contributed by atoms with Crippen LogP contribution in [-0.4, -0.2) is 43.2 Å². The number of anilines is 2. The predicted molar refractivity (Wildman–Crippen MR) is 79.6 cm³/mol. The molecule has 2 rings (SSSR count). The first-order valence-corrected chi connectivity index (χ1v) is 6.88. The summed E-state index contributed by atoms with van der Waals surface area (Å²) in [5.74, 6) is 2.58. The molecule has 0 aliphatic carbocycles. The lowest BCUT2D eigenvalue weighted by Gasteiger charge is -2.28. The second-order valence-corrected chi connectivity index (χ2v) is 5.00. The number of nitrogens with one attached hydrogen (secondary N) is 2. The third-order valence-corrected chi connectivity index (χ3v) is 3.46. The molecular weight excluding hydrogens is 238 g/mol. The summed E-state index contributed by atoms with van der Waals surface area (Å²) in [5, 5.41) is 6.58. The summed E-state index contributed by atoms with van der Waals surface area (Å²) in [6.07, 6.45) is 5.92. The summed E-state index contributed by atoms with van der Waals surface area (Å²) in [6, 6.07) is 1.99. The maximum atomic E-state index is 4.35. The molecule has 1 aliphatic heterocycles. The Bertz CT molecular complexity index is 401. The summed E-state index contributed by atoms with van der Waals surface area (Å²) in [5.41, 5.74) is 0. The zero-order chi connectivity index (χ0) is 13.5. The summed E-state index contributed by atoms with van der Waals surface area (Å²) in [7, 11) is 2.10. The lowest BCUT2D eigenvalue weighted by atomic mass is 9.98. The molecule has 2 N–H and O–H groups in total. The molecule has 0 amide bonds. The van der Waals surface area contributed by atoms with Crippen molar-refractivity contribution < 1.29 is 0 Å². The molecule has 5 heteroatoms. The Labute approximate surface area is 115 Å². The zero-order valence-electron chi connectivity index (χ0n) is 11.6. The quantitative estimate of drug-likeness (QED) is 0.760. The fraction of sp³-hybridized carbons (Fsp3) is 0.571. The fourth-order valence-corrected chi connectivity index (χ4v) is 2.37. The van der Waals surface area contributed by atoms with Gasteiger partial charge in [-0.15, -0.1) is 6.58 Å². The molecule has 1 aliphatic rings. The average Bonchev–Trinajstić information content (AvgIpc) is 2.46. The predicted octanol–water partition coefficient (Wildman–Crippen LogP) is 1.51. The Balaban J connectivity index is 1.93. The third kappa shape index (κ3) is 4.21. The van der Waals surface area contributed by atoms with Crippen LogP contribution >= 0.6 is 0 Å². The highest BCUT2D eigenvalue weighted by atomic mass is 15.2. The molecule has 104 valence electrons. The zero-order valence-corrected chi connectivity index (χ0v) is 11.6. The number of rotatable bonds is 6. The van der Waals surface area contributed by atoms with Crippen molar-refractivity contribution >= 4 is 11.6 Å². The van der Waals surface area contributed by atoms with E-state index in [0.717, 1.165) is 37.2 Å². The smallest absolute Gasteiger partial charge is 0.133 e. The summed E-state index contributed by atoms with van der Waals surface area (Å²) in [4.78, 5) is 10.8. The lowest BCUT2D eigenvalue weighted by molar-refractivity contribution is 0.377. The fourth-order valence-electron chi connectivity index (χ4n) is 2.37. The molecule has 1 saturated heterocycles. The van der Waals surface area contributed by atoms with E-state index >= 15 is 0 Å². The van der Waals surface area contributed by atoms with Crippen LogP contribution in [0, 0.1) is 5.92 Å². The van der Waals surface area contributed by atoms with Crippen LogP contribution in [0.4, 0.5) is 11.6 Å². The van der Waals surface area contributed by atoms with Gasteiger partial charge in [-0.3, -0.25) is 0 Å². The lowest BCUT2D eigenvalue weighted by Crippen LogP contribution is -2.34. The van der Waals surface area contributed by atoms with Crippen LogP contribution in [-0.2, 0) is 0 Å². The SMILES string of the molecule is C=CCNc1cc(N(C)CC2CCNCC2)ncn1. The van der Waals surface area contributed by atoms with E-state index < -0.39 is 0 Å². The Morgan fingerprint density at radius 2 is 2.26 bits per heavy atom. The van der Waals surface area contributed by atoms with Gasteiger partial charge in [0.1, 0.15) is 18.0 Å². The van der Waals surface area contributed by atoms with E-state index in [-0.39, 0.29) is 0 Å². The Hall–Kier alpha value is -1.62. The van der Waals surface area contributed by atoms with Gasteiger partial charge in [-0.1, -0.05) is 6.08 Å². The highest BCUT2D eigenvalue weighted by Gasteiger charge is 2.16. The molecule has 1 aromatic rings. The molecule has 0 atom stereocenters. The molecule has 5 nitrogen and oxygen atoms in total. The molecule has 2 heterocycles. The minimum Gasteiger partial charge on any atom is -0.366 e. The molecule has 0 saturated carbocycles. The van der Waals surface area contributed by atoms with Gasteiger partial charge in [-0.25, -0.2) is 9.97 Å². The molecule has 0 bridgehead atoms. The molecular formula is C14H23N5. The third-order valence-electron chi connectivity index (χ3n) is 3.46. The molecule has 0 spiro atoms. The molecule has 1 fully saturated rings. The molecule has 0 aromatic carbocycles. The Morgan fingerprint density at radius 1 is 1.47 bits per heavy atom. The van der Waals surface area contributed by atoms with E-state index in [1.807, 2.05) is 12.1 Å². The van der Waals surface area contributed by atoms with Gasteiger partial charge in [0.2, 0.25) is 0 Å². The second kappa shape index (κ2) is 7.09. The van der Waals surface area contributed by atoms with Gasteiger partial charge < -0.3 is 15.5 Å². The van der Waals surface area contributed by atoms with Gasteiger partial charge >= 0.3 is 0 Å². The van der Waals surface area contributed by atoms with Crippen molar-refractivity contribution in [1.29, 1.82) is 0 Å². The Kier molecular flexibility index (Phi) is 5.15. The van der Waals surface area contributed by atoms with Gasteiger partial charge in [0.15, 0.2) is 0 Å². The topological polar surface area (TPSA) is 53.1 Å². The number of hydrogen-bond acceptors (Lipinski definition) is 5. The van der Waals surface area contributed by atoms with E-state index in [9.17, 15) is 0 Å². The first kappa shape index (κ1) is 13.8. The van der Waals surface area contributed by atoms with Gasteiger partial charge in [0, 0.05) is 26.2 Å². The highest BCUT2D eigenvalue weighted by Crippen LogP contribution is 2.18. The molecule has 1 aromatic heterocycles.